The Balaban J connectivity index is 0.528. The van der Waals surface area contributed by atoms with Gasteiger partial charge in [0.2, 0.25) is 0 Å². The molecule has 10 heteroatoms. The lowest BCUT2D eigenvalue weighted by Crippen LogP contribution is -2.26. The van der Waals surface area contributed by atoms with Gasteiger partial charge in [-0.1, -0.05) is 399 Å². The van der Waals surface area contributed by atoms with Gasteiger partial charge in [-0.2, -0.15) is 0 Å². The highest BCUT2D eigenvalue weighted by molar-refractivity contribution is 7.85. The summed E-state index contributed by atoms with van der Waals surface area (Å²) >= 11 is 0. The fourth-order valence-corrected chi connectivity index (χ4v) is 23.6. The molecule has 12 aliphatic heterocycles. The highest BCUT2D eigenvalue weighted by atomic mass is 31.2. The number of benzene rings is 15. The minimum absolute atomic E-state index is 0.228. The standard InChI is InChI=1S/C120H120O8P2/c1-113(2,95-41-45-101(46-42-95)119(13,14)127-81-87-25-73-111(74-26-87)129(121)107-65-17-83(18-66-107)77-123-103-57-49-97(50-58-103)115(5,6)91-33-35-92(36-34-91)116(7,8)98-51-59-104(60-52-98)124-78-84-19-67-108(129)68-20-84)89-29-31-90(32-30-89)114(3,4)96-43-47-102(48-44-96)120(15,16)128-82-88-27-75-112(76-28-88)130(122)109-69-21-85(22-70-109)79-125-105-61-53-99(54-62-105)117(9,10)93-37-39-94(40-38-93)118(11,12)100-55-63-106(64-56-100)126-80-86-23-71-110(130)72-24-86/h17-76H,77-82H2,1-16H3. The lowest BCUT2D eigenvalue weighted by atomic mass is 9.74. The fraction of sp³-hybridized carbons (Fsp3) is 0.250. The van der Waals surface area contributed by atoms with Crippen molar-refractivity contribution in [3.05, 3.63) is 475 Å². The van der Waals surface area contributed by atoms with E-state index in [1.165, 1.54) is 66.8 Å². The molecule has 0 saturated carbocycles. The van der Waals surface area contributed by atoms with Gasteiger partial charge in [0.05, 0.1) is 24.4 Å². The molecule has 8 nitrogen and oxygen atoms in total. The van der Waals surface area contributed by atoms with E-state index in [-0.39, 0.29) is 32.5 Å². The van der Waals surface area contributed by atoms with E-state index in [9.17, 15) is 0 Å². The third-order valence-corrected chi connectivity index (χ3v) is 34.7. The molecule has 0 aliphatic carbocycles. The van der Waals surface area contributed by atoms with E-state index in [0.717, 1.165) is 99.3 Å². The van der Waals surface area contributed by atoms with Gasteiger partial charge in [-0.15, -0.1) is 0 Å². The topological polar surface area (TPSA) is 89.5 Å². The van der Waals surface area contributed by atoms with Crippen molar-refractivity contribution < 1.29 is 37.6 Å². The molecule has 130 heavy (non-hydrogen) atoms. The third-order valence-electron chi connectivity index (χ3n) is 28.5. The summed E-state index contributed by atoms with van der Waals surface area (Å²) in [5.41, 5.74) is 19.9. The Morgan fingerprint density at radius 3 is 0.569 bits per heavy atom. The van der Waals surface area contributed by atoms with E-state index in [4.69, 9.17) is 28.4 Å². The zero-order valence-electron chi connectivity index (χ0n) is 78.0. The number of ether oxygens (including phenoxy) is 6. The first-order valence-corrected chi connectivity index (χ1v) is 49.0. The Morgan fingerprint density at radius 2 is 0.385 bits per heavy atom. The molecule has 15 aromatic carbocycles. The average Bonchev–Trinajstić information content (AvgIpc) is 0.791. The van der Waals surface area contributed by atoms with Gasteiger partial charge in [-0.3, -0.25) is 0 Å². The van der Waals surface area contributed by atoms with Crippen LogP contribution in [-0.4, -0.2) is 0 Å². The molecule has 20 bridgehead atoms. The summed E-state index contributed by atoms with van der Waals surface area (Å²) in [6.45, 7) is 38.0. The molecule has 658 valence electrons. The SMILES string of the molecule is CC(C)(OCc1ccc(P2(=O)c3ccc(cc3)COc3ccc(cc3)C(C)(C)c3ccc(cc3)C(C)(C)c3ccc(cc3)OCc3ccc2cc3)cc1)c1ccc(C(C)(C)c2ccc(C(C)(C)c3ccc(C(C)(C)OCc4ccc(P5(=O)c6ccc(cc6)COc6ccc(cc6)C(C)(C)c6ccc(cc6)C(C)(C)c6ccc(cc6)OCc6ccc5cc6)cc4)cc3)cc2)cc1. The lowest BCUT2D eigenvalue weighted by molar-refractivity contribution is -0.0339. The van der Waals surface area contributed by atoms with Crippen LogP contribution in [-0.2, 0) is 102 Å². The Labute approximate surface area is 770 Å². The Hall–Kier alpha value is -12.1. The van der Waals surface area contributed by atoms with E-state index in [1.54, 1.807) is 0 Å². The average molecular weight is 1750 g/mol. The molecule has 0 unspecified atom stereocenters. The van der Waals surface area contributed by atoms with Crippen LogP contribution < -0.4 is 50.8 Å². The molecule has 0 atom stereocenters. The smallest absolute Gasteiger partial charge is 0.171 e. The summed E-state index contributed by atoms with van der Waals surface area (Å²) < 4.78 is 71.5. The second-order valence-corrected chi connectivity index (χ2v) is 45.2. The molecule has 12 heterocycles. The molecule has 0 radical (unpaired) electrons. The van der Waals surface area contributed by atoms with Crippen LogP contribution >= 0.6 is 14.3 Å². The molecule has 0 spiro atoms. The van der Waals surface area contributed by atoms with Crippen molar-refractivity contribution >= 4 is 46.1 Å². The van der Waals surface area contributed by atoms with Gasteiger partial charge in [0.25, 0.3) is 0 Å². The summed E-state index contributed by atoms with van der Waals surface area (Å²) in [4.78, 5) is 0. The molecule has 27 rings (SSSR count). The van der Waals surface area contributed by atoms with Crippen LogP contribution in [0.5, 0.6) is 23.0 Å². The second-order valence-electron chi connectivity index (χ2n) is 39.7. The van der Waals surface area contributed by atoms with Crippen molar-refractivity contribution in [3.63, 3.8) is 0 Å². The van der Waals surface area contributed by atoms with Crippen molar-refractivity contribution in [2.45, 2.75) is 194 Å². The van der Waals surface area contributed by atoms with E-state index in [1.807, 2.05) is 121 Å². The van der Waals surface area contributed by atoms with Gasteiger partial charge in [-0.05, 0) is 187 Å². The predicted molar refractivity (Wildman–Crippen MR) is 535 cm³/mol. The fourth-order valence-electron chi connectivity index (χ4n) is 18.4. The van der Waals surface area contributed by atoms with Crippen molar-refractivity contribution in [2.24, 2.45) is 0 Å². The molecule has 0 amide bonds. The predicted octanol–water partition coefficient (Wildman–Crippen LogP) is 26.8. The summed E-state index contributed by atoms with van der Waals surface area (Å²) in [7, 11) is -6.80. The van der Waals surface area contributed by atoms with Crippen LogP contribution in [0.25, 0.3) is 0 Å². The summed E-state index contributed by atoms with van der Waals surface area (Å²) in [5, 5.41) is 4.43. The maximum absolute atomic E-state index is 16.2. The van der Waals surface area contributed by atoms with Crippen LogP contribution in [0, 0.1) is 0 Å². The molecule has 0 saturated heterocycles. The summed E-state index contributed by atoms with van der Waals surface area (Å²) in [5.74, 6) is 3.16. The van der Waals surface area contributed by atoms with Gasteiger partial charge >= 0.3 is 0 Å². The van der Waals surface area contributed by atoms with Gasteiger partial charge in [0.15, 0.2) is 14.3 Å². The monoisotopic (exact) mass is 1750 g/mol. The van der Waals surface area contributed by atoms with Crippen molar-refractivity contribution in [2.75, 3.05) is 0 Å². The van der Waals surface area contributed by atoms with E-state index in [0.29, 0.717) is 39.6 Å². The highest BCUT2D eigenvalue weighted by Gasteiger charge is 2.37. The zero-order chi connectivity index (χ0) is 91.2. The van der Waals surface area contributed by atoms with E-state index in [2.05, 4.69) is 353 Å². The summed E-state index contributed by atoms with van der Waals surface area (Å²) in [6, 6.07) is 127. The van der Waals surface area contributed by atoms with Crippen LogP contribution in [0.3, 0.4) is 0 Å². The minimum Gasteiger partial charge on any atom is -0.489 e. The van der Waals surface area contributed by atoms with Crippen molar-refractivity contribution in [1.82, 2.24) is 0 Å². The Kier molecular flexibility index (Phi) is 24.6. The number of hydrogen-bond acceptors (Lipinski definition) is 8. The number of rotatable bonds is 14. The Morgan fingerprint density at radius 1 is 0.223 bits per heavy atom. The number of hydrogen-bond donors (Lipinski definition) is 0. The third kappa shape index (κ3) is 18.2. The van der Waals surface area contributed by atoms with Gasteiger partial charge < -0.3 is 37.6 Å². The molecule has 0 aromatic heterocycles. The maximum Gasteiger partial charge on any atom is 0.171 e. The van der Waals surface area contributed by atoms with Gasteiger partial charge in [0.1, 0.15) is 49.4 Å². The number of fused-ring (bicyclic) bond motifs is 10. The van der Waals surface area contributed by atoms with Crippen molar-refractivity contribution in [3.8, 4) is 23.0 Å². The molecule has 0 fully saturated rings. The Bertz CT molecular complexity index is 5890. The zero-order valence-corrected chi connectivity index (χ0v) is 79.8. The van der Waals surface area contributed by atoms with Gasteiger partial charge in [0, 0.05) is 64.3 Å². The van der Waals surface area contributed by atoms with Crippen molar-refractivity contribution in [1.29, 1.82) is 0 Å². The maximum atomic E-state index is 16.2. The van der Waals surface area contributed by atoms with Crippen LogP contribution in [0.1, 0.15) is 222 Å². The van der Waals surface area contributed by atoms with Crippen LogP contribution in [0.2, 0.25) is 0 Å². The quantitative estimate of drug-likeness (QED) is 0.0995. The van der Waals surface area contributed by atoms with Gasteiger partial charge in [-0.25, -0.2) is 0 Å². The van der Waals surface area contributed by atoms with Crippen LogP contribution in [0.15, 0.2) is 364 Å². The first-order valence-electron chi connectivity index (χ1n) is 45.6. The summed E-state index contributed by atoms with van der Waals surface area (Å²) in [6.07, 6.45) is 0. The van der Waals surface area contributed by atoms with Crippen LogP contribution in [0.4, 0.5) is 0 Å². The first kappa shape index (κ1) is 89.8. The van der Waals surface area contributed by atoms with E-state index >= 15 is 9.13 Å². The molecule has 0 N–H and O–H groups in total. The first-order chi connectivity index (χ1) is 62.1. The minimum atomic E-state index is -3.40. The lowest BCUT2D eigenvalue weighted by Gasteiger charge is -2.31. The normalized spacial score (nSPS) is 15.8. The highest BCUT2D eigenvalue weighted by Crippen LogP contribution is 2.48. The second kappa shape index (κ2) is 35.6. The van der Waals surface area contributed by atoms with E-state index < -0.39 is 25.5 Å². The molecule has 15 aromatic rings. The molecular weight excluding hydrogens is 1630 g/mol. The molecule has 12 aliphatic rings. The largest absolute Gasteiger partial charge is 0.489 e. The molecular formula is C120H120O8P2.